The summed E-state index contributed by atoms with van der Waals surface area (Å²) in [4.78, 5) is 25.6. The van der Waals surface area contributed by atoms with Crippen molar-refractivity contribution in [3.05, 3.63) is 0 Å². The molecule has 2 heterocycles. The van der Waals surface area contributed by atoms with Crippen LogP contribution in [0.5, 0.6) is 0 Å². The van der Waals surface area contributed by atoms with Crippen LogP contribution in [0.15, 0.2) is 0 Å². The number of piperidine rings is 1. The van der Waals surface area contributed by atoms with E-state index in [-0.39, 0.29) is 23.8 Å². The molecule has 0 aliphatic carbocycles. The van der Waals surface area contributed by atoms with Gasteiger partial charge in [-0.05, 0) is 31.8 Å². The summed E-state index contributed by atoms with van der Waals surface area (Å²) >= 11 is 0. The summed E-state index contributed by atoms with van der Waals surface area (Å²) < 4.78 is 0. The molecule has 1 atom stereocenters. The predicted molar refractivity (Wildman–Crippen MR) is 73.6 cm³/mol. The molecular weight excluding hydrogens is 242 g/mol. The summed E-state index contributed by atoms with van der Waals surface area (Å²) in [5, 5.41) is 6.23. The Labute approximate surface area is 115 Å². The maximum absolute atomic E-state index is 12.3. The van der Waals surface area contributed by atoms with Crippen LogP contribution in [0.25, 0.3) is 0 Å². The molecule has 2 amide bonds. The van der Waals surface area contributed by atoms with Crippen molar-refractivity contribution in [2.45, 2.75) is 39.2 Å². The Morgan fingerprint density at radius 3 is 2.42 bits per heavy atom. The Balaban J connectivity index is 1.75. The van der Waals surface area contributed by atoms with Crippen LogP contribution in [0.1, 0.15) is 33.1 Å². The molecule has 0 bridgehead atoms. The summed E-state index contributed by atoms with van der Waals surface area (Å²) in [6, 6.07) is 0.247. The second kappa shape index (κ2) is 6.37. The van der Waals surface area contributed by atoms with Gasteiger partial charge in [-0.2, -0.15) is 0 Å². The van der Waals surface area contributed by atoms with Crippen molar-refractivity contribution < 1.29 is 9.59 Å². The molecule has 0 aromatic heterocycles. The van der Waals surface area contributed by atoms with Crippen molar-refractivity contribution in [2.24, 2.45) is 11.8 Å². The van der Waals surface area contributed by atoms with E-state index in [4.69, 9.17) is 0 Å². The van der Waals surface area contributed by atoms with E-state index >= 15 is 0 Å². The Hall–Kier alpha value is -1.10. The lowest BCUT2D eigenvalue weighted by Gasteiger charge is -2.38. The molecule has 108 valence electrons. The van der Waals surface area contributed by atoms with E-state index in [2.05, 4.69) is 10.6 Å². The fourth-order valence-electron chi connectivity index (χ4n) is 2.73. The Bertz CT molecular complexity index is 334. The summed E-state index contributed by atoms with van der Waals surface area (Å²) in [6.07, 6.45) is 2.30. The molecule has 5 nitrogen and oxygen atoms in total. The molecule has 0 aromatic carbocycles. The molecule has 2 aliphatic rings. The molecule has 2 rings (SSSR count). The SMILES string of the molecule is CCC(=O)NC1CCN(C(=O)C(C)C2CNC2)CC1. The first-order valence-corrected chi connectivity index (χ1v) is 7.40. The number of carbonyl (C=O) groups is 2. The van der Waals surface area contributed by atoms with Crippen molar-refractivity contribution in [3.63, 3.8) is 0 Å². The smallest absolute Gasteiger partial charge is 0.225 e. The van der Waals surface area contributed by atoms with Gasteiger partial charge in [0, 0.05) is 31.5 Å². The van der Waals surface area contributed by atoms with Gasteiger partial charge in [0.25, 0.3) is 0 Å². The maximum Gasteiger partial charge on any atom is 0.225 e. The molecule has 0 saturated carbocycles. The second-order valence-corrected chi connectivity index (χ2v) is 5.73. The standard InChI is InChI=1S/C14H25N3O2/c1-3-13(18)16-12-4-6-17(7-5-12)14(19)10(2)11-8-15-9-11/h10-12,15H,3-9H2,1-2H3,(H,16,18). The van der Waals surface area contributed by atoms with Crippen LogP contribution in [0, 0.1) is 11.8 Å². The van der Waals surface area contributed by atoms with Gasteiger partial charge in [-0.15, -0.1) is 0 Å². The Kier molecular flexibility index (Phi) is 4.80. The van der Waals surface area contributed by atoms with Gasteiger partial charge in [0.05, 0.1) is 0 Å². The van der Waals surface area contributed by atoms with E-state index in [1.165, 1.54) is 0 Å². The average molecular weight is 267 g/mol. The lowest BCUT2D eigenvalue weighted by molar-refractivity contribution is -0.138. The predicted octanol–water partition coefficient (Wildman–Crippen LogP) is 0.359. The van der Waals surface area contributed by atoms with Crippen molar-refractivity contribution in [3.8, 4) is 0 Å². The third-order valence-corrected chi connectivity index (χ3v) is 4.40. The normalized spacial score (nSPS) is 22.7. The lowest BCUT2D eigenvalue weighted by Crippen LogP contribution is -2.53. The van der Waals surface area contributed by atoms with E-state index in [0.29, 0.717) is 12.3 Å². The van der Waals surface area contributed by atoms with Crippen LogP contribution in [-0.4, -0.2) is 48.9 Å². The fourth-order valence-corrected chi connectivity index (χ4v) is 2.73. The first-order valence-electron chi connectivity index (χ1n) is 7.40. The number of rotatable bonds is 4. The number of amides is 2. The van der Waals surface area contributed by atoms with Crippen LogP contribution in [0.2, 0.25) is 0 Å². The fraction of sp³-hybridized carbons (Fsp3) is 0.857. The minimum atomic E-state index is 0.110. The van der Waals surface area contributed by atoms with Crippen molar-refractivity contribution >= 4 is 11.8 Å². The first-order chi connectivity index (χ1) is 9.11. The van der Waals surface area contributed by atoms with Crippen LogP contribution in [-0.2, 0) is 9.59 Å². The molecule has 2 N–H and O–H groups in total. The minimum Gasteiger partial charge on any atom is -0.353 e. The van der Waals surface area contributed by atoms with Gasteiger partial charge in [-0.1, -0.05) is 13.8 Å². The van der Waals surface area contributed by atoms with Gasteiger partial charge >= 0.3 is 0 Å². The second-order valence-electron chi connectivity index (χ2n) is 5.73. The number of nitrogens with one attached hydrogen (secondary N) is 2. The first kappa shape index (κ1) is 14.3. The molecule has 2 aliphatic heterocycles. The van der Waals surface area contributed by atoms with Crippen LogP contribution >= 0.6 is 0 Å². The largest absolute Gasteiger partial charge is 0.353 e. The van der Waals surface area contributed by atoms with Crippen molar-refractivity contribution in [1.82, 2.24) is 15.5 Å². The highest BCUT2D eigenvalue weighted by atomic mass is 16.2. The molecule has 5 heteroatoms. The van der Waals surface area contributed by atoms with Crippen molar-refractivity contribution in [1.29, 1.82) is 0 Å². The molecule has 1 unspecified atom stereocenters. The topological polar surface area (TPSA) is 61.4 Å². The highest BCUT2D eigenvalue weighted by Gasteiger charge is 2.33. The number of hydrogen-bond acceptors (Lipinski definition) is 3. The summed E-state index contributed by atoms with van der Waals surface area (Å²) in [7, 11) is 0. The van der Waals surface area contributed by atoms with Crippen LogP contribution < -0.4 is 10.6 Å². The van der Waals surface area contributed by atoms with Gasteiger partial charge in [-0.25, -0.2) is 0 Å². The number of hydrogen-bond donors (Lipinski definition) is 2. The van der Waals surface area contributed by atoms with E-state index in [9.17, 15) is 9.59 Å². The minimum absolute atomic E-state index is 0.110. The van der Waals surface area contributed by atoms with Gasteiger partial charge in [0.2, 0.25) is 11.8 Å². The Morgan fingerprint density at radius 1 is 1.32 bits per heavy atom. The van der Waals surface area contributed by atoms with Crippen LogP contribution in [0.4, 0.5) is 0 Å². The summed E-state index contributed by atoms with van der Waals surface area (Å²) in [5.74, 6) is 1.03. The van der Waals surface area contributed by atoms with Gasteiger partial charge in [0.1, 0.15) is 0 Å². The molecule has 0 spiro atoms. The lowest BCUT2D eigenvalue weighted by atomic mass is 9.87. The van der Waals surface area contributed by atoms with Gasteiger partial charge in [0.15, 0.2) is 0 Å². The third-order valence-electron chi connectivity index (χ3n) is 4.40. The molecule has 2 fully saturated rings. The highest BCUT2D eigenvalue weighted by molar-refractivity contribution is 5.79. The molecular formula is C14H25N3O2. The zero-order valence-electron chi connectivity index (χ0n) is 11.9. The van der Waals surface area contributed by atoms with Crippen LogP contribution in [0.3, 0.4) is 0 Å². The van der Waals surface area contributed by atoms with Gasteiger partial charge < -0.3 is 15.5 Å². The zero-order valence-corrected chi connectivity index (χ0v) is 11.9. The number of carbonyl (C=O) groups excluding carboxylic acids is 2. The van der Waals surface area contributed by atoms with E-state index in [0.717, 1.165) is 39.0 Å². The number of likely N-dealkylation sites (tertiary alicyclic amines) is 1. The summed E-state index contributed by atoms with van der Waals surface area (Å²) in [5.41, 5.74) is 0. The molecule has 2 saturated heterocycles. The maximum atomic E-state index is 12.3. The van der Waals surface area contributed by atoms with E-state index < -0.39 is 0 Å². The van der Waals surface area contributed by atoms with E-state index in [1.807, 2.05) is 18.7 Å². The average Bonchev–Trinajstić information content (AvgIpc) is 2.36. The molecule has 0 radical (unpaired) electrons. The Morgan fingerprint density at radius 2 is 1.95 bits per heavy atom. The quantitative estimate of drug-likeness (QED) is 0.773. The zero-order chi connectivity index (χ0) is 13.8. The summed E-state index contributed by atoms with van der Waals surface area (Å²) in [6.45, 7) is 7.39. The monoisotopic (exact) mass is 267 g/mol. The number of nitrogens with zero attached hydrogens (tertiary/aromatic N) is 1. The van der Waals surface area contributed by atoms with Crippen molar-refractivity contribution in [2.75, 3.05) is 26.2 Å². The molecule has 0 aromatic rings. The van der Waals surface area contributed by atoms with E-state index in [1.54, 1.807) is 0 Å². The highest BCUT2D eigenvalue weighted by Crippen LogP contribution is 2.21. The molecule has 19 heavy (non-hydrogen) atoms. The van der Waals surface area contributed by atoms with Gasteiger partial charge in [-0.3, -0.25) is 9.59 Å². The third kappa shape index (κ3) is 3.47.